The summed E-state index contributed by atoms with van der Waals surface area (Å²) in [4.78, 5) is 14.3. The number of anilines is 1. The van der Waals surface area contributed by atoms with Crippen molar-refractivity contribution >= 4 is 11.6 Å². The minimum absolute atomic E-state index is 0.0492. The van der Waals surface area contributed by atoms with Gasteiger partial charge in [0.1, 0.15) is 0 Å². The van der Waals surface area contributed by atoms with E-state index in [4.69, 9.17) is 5.73 Å². The first-order valence-corrected chi connectivity index (χ1v) is 7.37. The SMILES string of the molecule is CCN(CCC(=O)Nc1ccccc1CN)CC(C)C. The lowest BCUT2D eigenvalue weighted by molar-refractivity contribution is -0.116. The minimum Gasteiger partial charge on any atom is -0.326 e. The summed E-state index contributed by atoms with van der Waals surface area (Å²) >= 11 is 0. The largest absolute Gasteiger partial charge is 0.326 e. The van der Waals surface area contributed by atoms with Crippen molar-refractivity contribution in [1.29, 1.82) is 0 Å². The zero-order chi connectivity index (χ0) is 15.0. The summed E-state index contributed by atoms with van der Waals surface area (Å²) in [6.45, 7) is 9.76. The van der Waals surface area contributed by atoms with E-state index in [-0.39, 0.29) is 5.91 Å². The summed E-state index contributed by atoms with van der Waals surface area (Å²) in [7, 11) is 0. The van der Waals surface area contributed by atoms with Gasteiger partial charge in [0.25, 0.3) is 0 Å². The first-order valence-electron chi connectivity index (χ1n) is 7.37. The molecule has 112 valence electrons. The average Bonchev–Trinajstić information content (AvgIpc) is 2.43. The number of benzene rings is 1. The quantitative estimate of drug-likeness (QED) is 0.767. The van der Waals surface area contributed by atoms with Crippen LogP contribution in [0.25, 0.3) is 0 Å². The van der Waals surface area contributed by atoms with E-state index >= 15 is 0 Å². The third kappa shape index (κ3) is 5.72. The Balaban J connectivity index is 2.47. The van der Waals surface area contributed by atoms with Crippen LogP contribution in [0.5, 0.6) is 0 Å². The summed E-state index contributed by atoms with van der Waals surface area (Å²) in [6.07, 6.45) is 0.513. The number of para-hydroxylation sites is 1. The maximum absolute atomic E-state index is 12.0. The Bertz CT molecular complexity index is 418. The van der Waals surface area contributed by atoms with Crippen molar-refractivity contribution in [1.82, 2.24) is 4.90 Å². The fraction of sp³-hybridized carbons (Fsp3) is 0.562. The van der Waals surface area contributed by atoms with Crippen molar-refractivity contribution in [2.75, 3.05) is 25.0 Å². The smallest absolute Gasteiger partial charge is 0.225 e. The number of carbonyl (C=O) groups is 1. The van der Waals surface area contributed by atoms with Crippen LogP contribution in [0.3, 0.4) is 0 Å². The second kappa shape index (κ2) is 8.72. The molecule has 20 heavy (non-hydrogen) atoms. The van der Waals surface area contributed by atoms with E-state index in [0.717, 1.165) is 30.9 Å². The van der Waals surface area contributed by atoms with Gasteiger partial charge in [-0.05, 0) is 24.1 Å². The molecule has 0 bridgehead atoms. The van der Waals surface area contributed by atoms with E-state index in [9.17, 15) is 4.79 Å². The highest BCUT2D eigenvalue weighted by atomic mass is 16.1. The molecule has 1 rings (SSSR count). The van der Waals surface area contributed by atoms with Crippen LogP contribution in [0.2, 0.25) is 0 Å². The van der Waals surface area contributed by atoms with E-state index in [2.05, 4.69) is 31.0 Å². The second-order valence-electron chi connectivity index (χ2n) is 5.45. The van der Waals surface area contributed by atoms with Gasteiger partial charge in [-0.2, -0.15) is 0 Å². The van der Waals surface area contributed by atoms with Crippen LogP contribution in [-0.4, -0.2) is 30.4 Å². The number of amides is 1. The predicted molar refractivity (Wildman–Crippen MR) is 84.5 cm³/mol. The maximum atomic E-state index is 12.0. The zero-order valence-electron chi connectivity index (χ0n) is 12.9. The average molecular weight is 277 g/mol. The predicted octanol–water partition coefficient (Wildman–Crippen LogP) is 2.45. The first-order chi connectivity index (χ1) is 9.56. The molecule has 0 aliphatic rings. The highest BCUT2D eigenvalue weighted by molar-refractivity contribution is 5.91. The fourth-order valence-electron chi connectivity index (χ4n) is 2.19. The molecular formula is C16H27N3O. The lowest BCUT2D eigenvalue weighted by atomic mass is 10.1. The van der Waals surface area contributed by atoms with E-state index in [1.807, 2.05) is 24.3 Å². The van der Waals surface area contributed by atoms with Crippen molar-refractivity contribution in [2.24, 2.45) is 11.7 Å². The lowest BCUT2D eigenvalue weighted by Crippen LogP contribution is -2.31. The van der Waals surface area contributed by atoms with E-state index in [1.54, 1.807) is 0 Å². The molecule has 0 unspecified atom stereocenters. The summed E-state index contributed by atoms with van der Waals surface area (Å²) in [5.41, 5.74) is 7.46. The Morgan fingerprint density at radius 2 is 2.05 bits per heavy atom. The van der Waals surface area contributed by atoms with Gasteiger partial charge in [0.15, 0.2) is 0 Å². The second-order valence-corrected chi connectivity index (χ2v) is 5.45. The van der Waals surface area contributed by atoms with Crippen molar-refractivity contribution < 1.29 is 4.79 Å². The summed E-state index contributed by atoms with van der Waals surface area (Å²) in [5.74, 6) is 0.670. The van der Waals surface area contributed by atoms with Crippen LogP contribution in [-0.2, 0) is 11.3 Å². The Labute approximate surface area is 122 Å². The van der Waals surface area contributed by atoms with E-state index in [1.165, 1.54) is 0 Å². The molecule has 0 heterocycles. The van der Waals surface area contributed by atoms with Gasteiger partial charge in [0.2, 0.25) is 5.91 Å². The molecule has 0 spiro atoms. The van der Waals surface area contributed by atoms with Gasteiger partial charge in [-0.3, -0.25) is 4.79 Å². The molecule has 4 heteroatoms. The van der Waals surface area contributed by atoms with E-state index in [0.29, 0.717) is 18.9 Å². The highest BCUT2D eigenvalue weighted by Crippen LogP contribution is 2.14. The van der Waals surface area contributed by atoms with Crippen LogP contribution >= 0.6 is 0 Å². The van der Waals surface area contributed by atoms with Crippen molar-refractivity contribution in [3.05, 3.63) is 29.8 Å². The molecule has 0 atom stereocenters. The Morgan fingerprint density at radius 1 is 1.35 bits per heavy atom. The molecule has 0 aliphatic carbocycles. The van der Waals surface area contributed by atoms with Crippen LogP contribution in [0, 0.1) is 5.92 Å². The molecule has 1 amide bonds. The van der Waals surface area contributed by atoms with Crippen molar-refractivity contribution in [2.45, 2.75) is 33.7 Å². The third-order valence-corrected chi connectivity index (χ3v) is 3.24. The third-order valence-electron chi connectivity index (χ3n) is 3.24. The number of hydrogen-bond acceptors (Lipinski definition) is 3. The Kier molecular flexibility index (Phi) is 7.26. The van der Waals surface area contributed by atoms with Crippen LogP contribution < -0.4 is 11.1 Å². The number of hydrogen-bond donors (Lipinski definition) is 2. The molecular weight excluding hydrogens is 250 g/mol. The summed E-state index contributed by atoms with van der Waals surface area (Å²) in [5, 5.41) is 2.95. The number of nitrogens with one attached hydrogen (secondary N) is 1. The van der Waals surface area contributed by atoms with Gasteiger partial charge in [-0.1, -0.05) is 39.0 Å². The standard InChI is InChI=1S/C16H27N3O/c1-4-19(12-13(2)3)10-9-16(20)18-15-8-6-5-7-14(15)11-17/h5-8,13H,4,9-12,17H2,1-3H3,(H,18,20). The molecule has 4 nitrogen and oxygen atoms in total. The number of nitrogens with two attached hydrogens (primary N) is 1. The molecule has 0 aliphatic heterocycles. The molecule has 0 aromatic heterocycles. The normalized spacial score (nSPS) is 11.1. The van der Waals surface area contributed by atoms with Crippen LogP contribution in [0.4, 0.5) is 5.69 Å². The number of rotatable bonds is 8. The monoisotopic (exact) mass is 277 g/mol. The van der Waals surface area contributed by atoms with Crippen molar-refractivity contribution in [3.8, 4) is 0 Å². The first kappa shape index (κ1) is 16.7. The maximum Gasteiger partial charge on any atom is 0.225 e. The van der Waals surface area contributed by atoms with Gasteiger partial charge >= 0.3 is 0 Å². The molecule has 0 saturated carbocycles. The van der Waals surface area contributed by atoms with Gasteiger partial charge in [0, 0.05) is 31.7 Å². The van der Waals surface area contributed by atoms with Crippen LogP contribution in [0.1, 0.15) is 32.8 Å². The van der Waals surface area contributed by atoms with E-state index < -0.39 is 0 Å². The van der Waals surface area contributed by atoms with Gasteiger partial charge in [0.05, 0.1) is 0 Å². The molecule has 0 radical (unpaired) electrons. The van der Waals surface area contributed by atoms with Gasteiger partial charge in [-0.15, -0.1) is 0 Å². The fourth-order valence-corrected chi connectivity index (χ4v) is 2.19. The number of nitrogens with zero attached hydrogens (tertiary/aromatic N) is 1. The lowest BCUT2D eigenvalue weighted by Gasteiger charge is -2.22. The summed E-state index contributed by atoms with van der Waals surface area (Å²) < 4.78 is 0. The highest BCUT2D eigenvalue weighted by Gasteiger charge is 2.09. The van der Waals surface area contributed by atoms with Crippen LogP contribution in [0.15, 0.2) is 24.3 Å². The minimum atomic E-state index is 0.0492. The molecule has 0 saturated heterocycles. The van der Waals surface area contributed by atoms with Gasteiger partial charge in [-0.25, -0.2) is 0 Å². The van der Waals surface area contributed by atoms with Gasteiger partial charge < -0.3 is 16.0 Å². The molecule has 0 fully saturated rings. The topological polar surface area (TPSA) is 58.4 Å². The number of carbonyl (C=O) groups excluding carboxylic acids is 1. The molecule has 1 aromatic carbocycles. The summed E-state index contributed by atoms with van der Waals surface area (Å²) in [6, 6.07) is 7.67. The zero-order valence-corrected chi connectivity index (χ0v) is 12.9. The Hall–Kier alpha value is -1.39. The Morgan fingerprint density at radius 3 is 2.65 bits per heavy atom. The van der Waals surface area contributed by atoms with Crippen molar-refractivity contribution in [3.63, 3.8) is 0 Å². The molecule has 1 aromatic rings. The molecule has 3 N–H and O–H groups in total.